The summed E-state index contributed by atoms with van der Waals surface area (Å²) >= 11 is 0. The molecule has 0 spiro atoms. The summed E-state index contributed by atoms with van der Waals surface area (Å²) in [7, 11) is 0. The molecule has 0 bridgehead atoms. The lowest BCUT2D eigenvalue weighted by atomic mass is 10.1. The normalized spacial score (nSPS) is 11.5. The van der Waals surface area contributed by atoms with E-state index in [2.05, 4.69) is 37.2 Å². The van der Waals surface area contributed by atoms with E-state index in [1.54, 1.807) is 6.92 Å². The lowest BCUT2D eigenvalue weighted by molar-refractivity contribution is 0.303. The van der Waals surface area contributed by atoms with Crippen LogP contribution in [0.5, 0.6) is 5.75 Å². The Morgan fingerprint density at radius 3 is 2.48 bits per heavy atom. The van der Waals surface area contributed by atoms with Crippen LogP contribution in [-0.4, -0.2) is 10.9 Å². The summed E-state index contributed by atoms with van der Waals surface area (Å²) in [5, 5.41) is 12.3. The fourth-order valence-electron chi connectivity index (χ4n) is 2.16. The summed E-state index contributed by atoms with van der Waals surface area (Å²) in [4.78, 5) is 0. The first-order valence-corrected chi connectivity index (χ1v) is 7.00. The monoisotopic (exact) mass is 283 g/mol. The van der Waals surface area contributed by atoms with Crippen LogP contribution in [0.4, 0.5) is 0 Å². The lowest BCUT2D eigenvalue weighted by Gasteiger charge is -2.12. The molecule has 0 amide bonds. The number of hydrogen-bond acceptors (Lipinski definition) is 3. The maximum atomic E-state index is 8.99. The summed E-state index contributed by atoms with van der Waals surface area (Å²) in [6.45, 7) is 8.45. The molecular weight excluding hydrogens is 262 g/mol. The summed E-state index contributed by atoms with van der Waals surface area (Å²) in [5.74, 6) is 0.731. The van der Waals surface area contributed by atoms with Gasteiger partial charge in [0.15, 0.2) is 0 Å². The number of hydrogen-bond donors (Lipinski definition) is 1. The van der Waals surface area contributed by atoms with Gasteiger partial charge in [0.2, 0.25) is 0 Å². The van der Waals surface area contributed by atoms with Crippen LogP contribution in [-0.2, 0) is 6.61 Å². The highest BCUT2D eigenvalue weighted by Gasteiger charge is 2.08. The Morgan fingerprint density at radius 1 is 1.05 bits per heavy atom. The zero-order valence-electron chi connectivity index (χ0n) is 13.0. The van der Waals surface area contributed by atoms with Gasteiger partial charge in [-0.15, -0.1) is 0 Å². The standard InChI is InChI=1S/C18H21NO2/c1-12-5-8-18(17(9-12)15(4)19-20)21-11-16-7-6-13(2)14(3)10-16/h5-10,20H,11H2,1-4H3. The Labute approximate surface area is 125 Å². The van der Waals surface area contributed by atoms with E-state index in [0.717, 1.165) is 22.4 Å². The Bertz CT molecular complexity index is 675. The maximum absolute atomic E-state index is 8.99. The van der Waals surface area contributed by atoms with Crippen LogP contribution >= 0.6 is 0 Å². The molecule has 0 unspecified atom stereocenters. The molecule has 0 radical (unpaired) electrons. The van der Waals surface area contributed by atoms with Crippen molar-refractivity contribution in [2.75, 3.05) is 0 Å². The molecule has 21 heavy (non-hydrogen) atoms. The SMILES string of the molecule is CC(=NO)c1cc(C)ccc1OCc1ccc(C)c(C)c1. The van der Waals surface area contributed by atoms with Gasteiger partial charge in [-0.25, -0.2) is 0 Å². The molecule has 110 valence electrons. The third kappa shape index (κ3) is 3.63. The first kappa shape index (κ1) is 15.1. The van der Waals surface area contributed by atoms with E-state index in [0.29, 0.717) is 12.3 Å². The van der Waals surface area contributed by atoms with Crippen LogP contribution in [0.15, 0.2) is 41.6 Å². The van der Waals surface area contributed by atoms with Gasteiger partial charge < -0.3 is 9.94 Å². The number of nitrogens with zero attached hydrogens (tertiary/aromatic N) is 1. The van der Waals surface area contributed by atoms with Gasteiger partial charge in [0.05, 0.1) is 5.71 Å². The number of oxime groups is 1. The molecule has 0 heterocycles. The van der Waals surface area contributed by atoms with Gasteiger partial charge in [-0.05, 0) is 56.5 Å². The van der Waals surface area contributed by atoms with Crippen LogP contribution < -0.4 is 4.74 Å². The fraction of sp³-hybridized carbons (Fsp3) is 0.278. The quantitative estimate of drug-likeness (QED) is 0.513. The van der Waals surface area contributed by atoms with E-state index in [1.165, 1.54) is 11.1 Å². The minimum Gasteiger partial charge on any atom is -0.488 e. The molecule has 2 rings (SSSR count). The minimum absolute atomic E-state index is 0.496. The third-order valence-corrected chi connectivity index (χ3v) is 3.64. The largest absolute Gasteiger partial charge is 0.488 e. The van der Waals surface area contributed by atoms with Crippen molar-refractivity contribution in [2.24, 2.45) is 5.16 Å². The molecule has 2 aromatic rings. The van der Waals surface area contributed by atoms with Crippen molar-refractivity contribution >= 4 is 5.71 Å². The average molecular weight is 283 g/mol. The first-order valence-electron chi connectivity index (χ1n) is 7.00. The predicted molar refractivity (Wildman–Crippen MR) is 85.4 cm³/mol. The Hall–Kier alpha value is -2.29. The molecule has 0 aliphatic heterocycles. The first-order chi connectivity index (χ1) is 10.0. The van der Waals surface area contributed by atoms with Crippen molar-refractivity contribution in [3.8, 4) is 5.75 Å². The molecule has 3 heteroatoms. The topological polar surface area (TPSA) is 41.8 Å². The van der Waals surface area contributed by atoms with E-state index in [1.807, 2.05) is 25.1 Å². The second kappa shape index (κ2) is 6.44. The van der Waals surface area contributed by atoms with Gasteiger partial charge in [-0.2, -0.15) is 0 Å². The maximum Gasteiger partial charge on any atom is 0.128 e. The van der Waals surface area contributed by atoms with E-state index >= 15 is 0 Å². The molecule has 3 nitrogen and oxygen atoms in total. The van der Waals surface area contributed by atoms with Crippen molar-refractivity contribution in [2.45, 2.75) is 34.3 Å². The number of rotatable bonds is 4. The van der Waals surface area contributed by atoms with E-state index in [-0.39, 0.29) is 0 Å². The third-order valence-electron chi connectivity index (χ3n) is 3.64. The molecular formula is C18H21NO2. The van der Waals surface area contributed by atoms with Crippen molar-refractivity contribution in [3.05, 3.63) is 64.2 Å². The zero-order valence-corrected chi connectivity index (χ0v) is 13.0. The lowest BCUT2D eigenvalue weighted by Crippen LogP contribution is -2.03. The Kier molecular flexibility index (Phi) is 4.63. The fourth-order valence-corrected chi connectivity index (χ4v) is 2.16. The summed E-state index contributed by atoms with van der Waals surface area (Å²) < 4.78 is 5.90. The average Bonchev–Trinajstić information content (AvgIpc) is 2.48. The van der Waals surface area contributed by atoms with Crippen LogP contribution in [0.25, 0.3) is 0 Å². The molecule has 0 atom stereocenters. The number of aryl methyl sites for hydroxylation is 3. The number of ether oxygens (including phenoxy) is 1. The van der Waals surface area contributed by atoms with Crippen LogP contribution in [0.1, 0.15) is 34.7 Å². The van der Waals surface area contributed by atoms with Crippen LogP contribution in [0.2, 0.25) is 0 Å². The van der Waals surface area contributed by atoms with Gasteiger partial charge in [0, 0.05) is 5.56 Å². The smallest absolute Gasteiger partial charge is 0.128 e. The second-order valence-corrected chi connectivity index (χ2v) is 5.39. The highest BCUT2D eigenvalue weighted by molar-refractivity contribution is 6.00. The molecule has 0 aliphatic carbocycles. The van der Waals surface area contributed by atoms with Gasteiger partial charge >= 0.3 is 0 Å². The predicted octanol–water partition coefficient (Wildman–Crippen LogP) is 4.39. The molecule has 0 fully saturated rings. The number of benzene rings is 2. The Morgan fingerprint density at radius 2 is 1.81 bits per heavy atom. The van der Waals surface area contributed by atoms with Crippen molar-refractivity contribution < 1.29 is 9.94 Å². The zero-order chi connectivity index (χ0) is 15.4. The van der Waals surface area contributed by atoms with Crippen LogP contribution in [0, 0.1) is 20.8 Å². The summed E-state index contributed by atoms with van der Waals surface area (Å²) in [6, 6.07) is 12.2. The van der Waals surface area contributed by atoms with Crippen LogP contribution in [0.3, 0.4) is 0 Å². The summed E-state index contributed by atoms with van der Waals surface area (Å²) in [6.07, 6.45) is 0. The van der Waals surface area contributed by atoms with Gasteiger partial charge in [0.1, 0.15) is 12.4 Å². The second-order valence-electron chi connectivity index (χ2n) is 5.39. The highest BCUT2D eigenvalue weighted by Crippen LogP contribution is 2.22. The molecule has 1 N–H and O–H groups in total. The van der Waals surface area contributed by atoms with Crippen molar-refractivity contribution in [3.63, 3.8) is 0 Å². The van der Waals surface area contributed by atoms with E-state index < -0.39 is 0 Å². The molecule has 0 saturated heterocycles. The van der Waals surface area contributed by atoms with Gasteiger partial charge in [-0.3, -0.25) is 0 Å². The molecule has 0 aromatic heterocycles. The molecule has 2 aromatic carbocycles. The summed E-state index contributed by atoms with van der Waals surface area (Å²) in [5.41, 5.74) is 6.14. The molecule has 0 aliphatic rings. The molecule has 0 saturated carbocycles. The minimum atomic E-state index is 0.496. The highest BCUT2D eigenvalue weighted by atomic mass is 16.5. The van der Waals surface area contributed by atoms with Crippen molar-refractivity contribution in [1.29, 1.82) is 0 Å². The van der Waals surface area contributed by atoms with E-state index in [9.17, 15) is 0 Å². The van der Waals surface area contributed by atoms with E-state index in [4.69, 9.17) is 9.94 Å². The Balaban J connectivity index is 2.21. The van der Waals surface area contributed by atoms with Gasteiger partial charge in [-0.1, -0.05) is 35.0 Å². The van der Waals surface area contributed by atoms with Crippen molar-refractivity contribution in [1.82, 2.24) is 0 Å². The van der Waals surface area contributed by atoms with Gasteiger partial charge in [0.25, 0.3) is 0 Å².